The van der Waals surface area contributed by atoms with Gasteiger partial charge < -0.3 is 15.0 Å². The maximum Gasteiger partial charge on any atom is 0.225 e. The molecule has 0 bridgehead atoms. The Labute approximate surface area is 167 Å². The summed E-state index contributed by atoms with van der Waals surface area (Å²) in [5, 5.41) is 3.07. The lowest BCUT2D eigenvalue weighted by Gasteiger charge is -2.49. The third-order valence-corrected chi connectivity index (χ3v) is 5.90. The maximum atomic E-state index is 13.0. The van der Waals surface area contributed by atoms with E-state index in [1.54, 1.807) is 7.11 Å². The number of hydrogen-bond acceptors (Lipinski definition) is 4. The molecule has 1 fully saturated rings. The van der Waals surface area contributed by atoms with Crippen LogP contribution >= 0.6 is 0 Å². The second kappa shape index (κ2) is 8.76. The van der Waals surface area contributed by atoms with Crippen LogP contribution in [0.15, 0.2) is 54.6 Å². The highest BCUT2D eigenvalue weighted by molar-refractivity contribution is 5.82. The minimum atomic E-state index is -0.0367. The molecule has 1 saturated heterocycles. The molecule has 0 aliphatic carbocycles. The van der Waals surface area contributed by atoms with Gasteiger partial charge in [-0.15, -0.1) is 0 Å². The van der Waals surface area contributed by atoms with Crippen LogP contribution < -0.4 is 10.2 Å². The fraction of sp³-hybridized carbons (Fsp3) is 0.435. The van der Waals surface area contributed by atoms with Crippen molar-refractivity contribution in [3.63, 3.8) is 0 Å². The standard InChI is InChI=1S/C23H29N3O2/c1-28-14-11-24-23(27)20-15-19-9-5-6-10-21(19)26-13-12-25(17-22(20)26)16-18-7-3-2-4-8-18/h2-10,20,22H,11-17H2,1H3,(H,24,27)/t20-,22+/m0/s1. The van der Waals surface area contributed by atoms with Gasteiger partial charge in [-0.3, -0.25) is 9.69 Å². The van der Waals surface area contributed by atoms with Crippen LogP contribution in [0.25, 0.3) is 0 Å². The van der Waals surface area contributed by atoms with Crippen molar-refractivity contribution in [1.29, 1.82) is 0 Å². The van der Waals surface area contributed by atoms with Gasteiger partial charge in [0.05, 0.1) is 18.6 Å². The van der Waals surface area contributed by atoms with E-state index in [4.69, 9.17) is 4.74 Å². The lowest BCUT2D eigenvalue weighted by atomic mass is 9.83. The highest BCUT2D eigenvalue weighted by atomic mass is 16.5. The Morgan fingerprint density at radius 3 is 2.71 bits per heavy atom. The SMILES string of the molecule is COCCNC(=O)[C@H]1Cc2ccccc2N2CCN(Cc3ccccc3)C[C@H]12. The smallest absolute Gasteiger partial charge is 0.225 e. The first-order chi connectivity index (χ1) is 13.8. The van der Waals surface area contributed by atoms with Gasteiger partial charge in [0.15, 0.2) is 0 Å². The molecule has 2 aromatic rings. The van der Waals surface area contributed by atoms with Crippen molar-refractivity contribution in [3.05, 3.63) is 65.7 Å². The van der Waals surface area contributed by atoms with E-state index in [9.17, 15) is 4.79 Å². The highest BCUT2D eigenvalue weighted by Crippen LogP contribution is 2.36. The number of piperazine rings is 1. The first-order valence-corrected chi connectivity index (χ1v) is 10.1. The summed E-state index contributed by atoms with van der Waals surface area (Å²) >= 11 is 0. The summed E-state index contributed by atoms with van der Waals surface area (Å²) in [6.07, 6.45) is 0.801. The predicted octanol–water partition coefficient (Wildman–Crippen LogP) is 2.31. The van der Waals surface area contributed by atoms with Crippen molar-refractivity contribution in [3.8, 4) is 0 Å². The highest BCUT2D eigenvalue weighted by Gasteiger charge is 2.41. The van der Waals surface area contributed by atoms with Crippen LogP contribution in [0.2, 0.25) is 0 Å². The molecule has 28 heavy (non-hydrogen) atoms. The normalized spacial score (nSPS) is 21.7. The minimum Gasteiger partial charge on any atom is -0.383 e. The lowest BCUT2D eigenvalue weighted by molar-refractivity contribution is -0.126. The molecule has 2 aromatic carbocycles. The Balaban J connectivity index is 1.53. The number of benzene rings is 2. The molecule has 0 unspecified atom stereocenters. The van der Waals surface area contributed by atoms with E-state index in [0.29, 0.717) is 13.2 Å². The molecule has 148 valence electrons. The third-order valence-electron chi connectivity index (χ3n) is 5.90. The van der Waals surface area contributed by atoms with Crippen molar-refractivity contribution in [1.82, 2.24) is 10.2 Å². The van der Waals surface area contributed by atoms with Gasteiger partial charge in [0, 0.05) is 45.5 Å². The molecule has 0 saturated carbocycles. The van der Waals surface area contributed by atoms with E-state index < -0.39 is 0 Å². The Kier molecular flexibility index (Phi) is 5.93. The van der Waals surface area contributed by atoms with E-state index in [1.807, 2.05) is 0 Å². The first-order valence-electron chi connectivity index (χ1n) is 10.1. The second-order valence-electron chi connectivity index (χ2n) is 7.70. The number of para-hydroxylation sites is 1. The second-order valence-corrected chi connectivity index (χ2v) is 7.70. The summed E-state index contributed by atoms with van der Waals surface area (Å²) in [5.41, 5.74) is 3.91. The lowest BCUT2D eigenvalue weighted by Crippen LogP contribution is -2.61. The number of rotatable bonds is 6. The van der Waals surface area contributed by atoms with Crippen molar-refractivity contribution >= 4 is 11.6 Å². The van der Waals surface area contributed by atoms with Gasteiger partial charge in [-0.05, 0) is 23.6 Å². The number of hydrogen-bond donors (Lipinski definition) is 1. The summed E-state index contributed by atoms with van der Waals surface area (Å²) in [6, 6.07) is 19.3. The van der Waals surface area contributed by atoms with Gasteiger partial charge in [-0.1, -0.05) is 48.5 Å². The molecule has 0 spiro atoms. The van der Waals surface area contributed by atoms with Crippen molar-refractivity contribution in [2.75, 3.05) is 44.8 Å². The fourth-order valence-electron chi connectivity index (χ4n) is 4.51. The topological polar surface area (TPSA) is 44.8 Å². The Morgan fingerprint density at radius 1 is 1.11 bits per heavy atom. The monoisotopic (exact) mass is 379 g/mol. The number of carbonyl (C=O) groups excluding carboxylic acids is 1. The number of carbonyl (C=O) groups is 1. The number of nitrogens with zero attached hydrogens (tertiary/aromatic N) is 2. The first kappa shape index (κ1) is 19.0. The van der Waals surface area contributed by atoms with Gasteiger partial charge in [-0.25, -0.2) is 0 Å². The predicted molar refractivity (Wildman–Crippen MR) is 111 cm³/mol. The van der Waals surface area contributed by atoms with E-state index in [1.165, 1.54) is 16.8 Å². The van der Waals surface area contributed by atoms with Crippen LogP contribution in [0, 0.1) is 5.92 Å². The summed E-state index contributed by atoms with van der Waals surface area (Å²) in [6.45, 7) is 4.92. The molecule has 2 heterocycles. The van der Waals surface area contributed by atoms with E-state index >= 15 is 0 Å². The Morgan fingerprint density at radius 2 is 1.89 bits per heavy atom. The number of anilines is 1. The van der Waals surface area contributed by atoms with Crippen LogP contribution in [0.4, 0.5) is 5.69 Å². The van der Waals surface area contributed by atoms with Crippen LogP contribution in [0.3, 0.4) is 0 Å². The average Bonchev–Trinajstić information content (AvgIpc) is 2.74. The summed E-state index contributed by atoms with van der Waals surface area (Å²) < 4.78 is 5.09. The molecule has 0 aromatic heterocycles. The summed E-state index contributed by atoms with van der Waals surface area (Å²) in [5.74, 6) is 0.105. The molecular formula is C23H29N3O2. The number of fused-ring (bicyclic) bond motifs is 3. The van der Waals surface area contributed by atoms with Crippen molar-refractivity contribution in [2.45, 2.75) is 19.0 Å². The zero-order valence-electron chi connectivity index (χ0n) is 16.5. The molecule has 5 nitrogen and oxygen atoms in total. The molecule has 5 heteroatoms. The number of amides is 1. The van der Waals surface area contributed by atoms with Crippen LogP contribution in [-0.4, -0.2) is 56.7 Å². The molecule has 4 rings (SSSR count). The third kappa shape index (κ3) is 4.05. The largest absolute Gasteiger partial charge is 0.383 e. The van der Waals surface area contributed by atoms with E-state index in [2.05, 4.69) is 69.7 Å². The molecule has 1 N–H and O–H groups in total. The summed E-state index contributed by atoms with van der Waals surface area (Å²) in [7, 11) is 1.66. The zero-order chi connectivity index (χ0) is 19.3. The number of ether oxygens (including phenoxy) is 1. The Hall–Kier alpha value is -2.37. The molecule has 0 radical (unpaired) electrons. The van der Waals surface area contributed by atoms with E-state index in [0.717, 1.165) is 32.6 Å². The quantitative estimate of drug-likeness (QED) is 0.783. The van der Waals surface area contributed by atoms with Crippen molar-refractivity contribution < 1.29 is 9.53 Å². The van der Waals surface area contributed by atoms with Gasteiger partial charge in [0.25, 0.3) is 0 Å². The van der Waals surface area contributed by atoms with Gasteiger partial charge >= 0.3 is 0 Å². The molecule has 1 amide bonds. The molecule has 2 atom stereocenters. The number of methoxy groups -OCH3 is 1. The average molecular weight is 380 g/mol. The summed E-state index contributed by atoms with van der Waals surface area (Å²) in [4.78, 5) is 17.9. The molecule has 2 aliphatic rings. The number of nitrogens with one attached hydrogen (secondary N) is 1. The molecular weight excluding hydrogens is 350 g/mol. The fourth-order valence-corrected chi connectivity index (χ4v) is 4.51. The van der Waals surface area contributed by atoms with Gasteiger partial charge in [-0.2, -0.15) is 0 Å². The van der Waals surface area contributed by atoms with E-state index in [-0.39, 0.29) is 17.9 Å². The van der Waals surface area contributed by atoms with Crippen LogP contribution in [0.5, 0.6) is 0 Å². The Bertz CT molecular complexity index is 795. The van der Waals surface area contributed by atoms with Crippen LogP contribution in [0.1, 0.15) is 11.1 Å². The van der Waals surface area contributed by atoms with Crippen LogP contribution in [-0.2, 0) is 22.5 Å². The van der Waals surface area contributed by atoms with Gasteiger partial charge in [0.2, 0.25) is 5.91 Å². The minimum absolute atomic E-state index is 0.0367. The molecule has 2 aliphatic heterocycles. The zero-order valence-corrected chi connectivity index (χ0v) is 16.5. The maximum absolute atomic E-state index is 13.0. The van der Waals surface area contributed by atoms with Crippen molar-refractivity contribution in [2.24, 2.45) is 5.92 Å². The van der Waals surface area contributed by atoms with Gasteiger partial charge in [0.1, 0.15) is 0 Å².